The molecule has 0 saturated carbocycles. The van der Waals surface area contributed by atoms with Gasteiger partial charge in [0.05, 0.1) is 4.58 Å². The van der Waals surface area contributed by atoms with E-state index in [1.165, 1.54) is 24.3 Å². The molecule has 1 nitrogen and oxygen atoms in total. The number of hydrogen-bond acceptors (Lipinski definition) is 3. The molecule has 1 aliphatic heterocycles. The minimum atomic E-state index is -1.53. The van der Waals surface area contributed by atoms with Crippen molar-refractivity contribution in [3.05, 3.63) is 0 Å². The van der Waals surface area contributed by atoms with Gasteiger partial charge in [0.25, 0.3) is 0 Å². The zero-order valence-electron chi connectivity index (χ0n) is 12.9. The number of thioether (sulfide) groups is 2. The van der Waals surface area contributed by atoms with Crippen molar-refractivity contribution in [1.82, 2.24) is 0 Å². The maximum Gasteiger partial charge on any atom is 0.191 e. The van der Waals surface area contributed by atoms with Crippen molar-refractivity contribution in [2.45, 2.75) is 63.3 Å². The average Bonchev–Trinajstić information content (AvgIpc) is 2.28. The second kappa shape index (κ2) is 7.05. The molecule has 1 atom stereocenters. The lowest BCUT2D eigenvalue weighted by Gasteiger charge is -2.37. The molecule has 1 fully saturated rings. The third kappa shape index (κ3) is 5.10. The Morgan fingerprint density at radius 2 is 1.78 bits per heavy atom. The van der Waals surface area contributed by atoms with Gasteiger partial charge in [0.2, 0.25) is 0 Å². The molecule has 1 heterocycles. The Morgan fingerprint density at radius 3 is 2.28 bits per heavy atom. The standard InChI is InChI=1S/C14H30OS2Si/c1-12(13-16-10-7-11-17-13)8-9-15-18(5,6)14(2,3)4/h12-13H,7-11H2,1-6H3/t12-/m1/s1. The van der Waals surface area contributed by atoms with Crippen LogP contribution in [0.4, 0.5) is 0 Å². The lowest BCUT2D eigenvalue weighted by molar-refractivity contribution is 0.264. The zero-order chi connectivity index (χ0) is 13.8. The number of hydrogen-bond donors (Lipinski definition) is 0. The van der Waals surface area contributed by atoms with Crippen LogP contribution < -0.4 is 0 Å². The second-order valence-corrected chi connectivity index (χ2v) is 14.4. The van der Waals surface area contributed by atoms with Crippen molar-refractivity contribution in [2.75, 3.05) is 18.1 Å². The number of rotatable bonds is 5. The Hall–Kier alpha value is 0.877. The van der Waals surface area contributed by atoms with Crippen molar-refractivity contribution in [2.24, 2.45) is 5.92 Å². The summed E-state index contributed by atoms with van der Waals surface area (Å²) in [7, 11) is -1.53. The van der Waals surface area contributed by atoms with Gasteiger partial charge in [-0.15, -0.1) is 23.5 Å². The fourth-order valence-electron chi connectivity index (χ4n) is 1.69. The summed E-state index contributed by atoms with van der Waals surface area (Å²) < 4.78 is 7.08. The predicted octanol–water partition coefficient (Wildman–Crippen LogP) is 5.23. The van der Waals surface area contributed by atoms with Gasteiger partial charge in [-0.3, -0.25) is 0 Å². The highest BCUT2D eigenvalue weighted by Crippen LogP contribution is 2.39. The van der Waals surface area contributed by atoms with Gasteiger partial charge < -0.3 is 4.43 Å². The summed E-state index contributed by atoms with van der Waals surface area (Å²) in [6.45, 7) is 15.0. The SMILES string of the molecule is C[C@H](CCO[Si](C)(C)C(C)(C)C)C1SCCCS1. The van der Waals surface area contributed by atoms with Crippen LogP contribution in [0, 0.1) is 5.92 Å². The summed E-state index contributed by atoms with van der Waals surface area (Å²) in [6, 6.07) is 0. The maximum atomic E-state index is 6.28. The summed E-state index contributed by atoms with van der Waals surface area (Å²) in [5.74, 6) is 3.49. The van der Waals surface area contributed by atoms with Gasteiger partial charge in [0.1, 0.15) is 0 Å². The molecule has 0 aliphatic carbocycles. The molecular weight excluding hydrogens is 276 g/mol. The third-order valence-corrected chi connectivity index (χ3v) is 12.1. The first-order valence-corrected chi connectivity index (χ1v) is 12.1. The maximum absolute atomic E-state index is 6.28. The Bertz CT molecular complexity index is 245. The monoisotopic (exact) mass is 306 g/mol. The van der Waals surface area contributed by atoms with E-state index in [0.717, 1.165) is 17.1 Å². The third-order valence-electron chi connectivity index (χ3n) is 4.16. The molecule has 18 heavy (non-hydrogen) atoms. The van der Waals surface area contributed by atoms with E-state index in [-0.39, 0.29) is 0 Å². The average molecular weight is 307 g/mol. The zero-order valence-corrected chi connectivity index (χ0v) is 15.5. The summed E-state index contributed by atoms with van der Waals surface area (Å²) in [5.41, 5.74) is 0. The molecule has 0 spiro atoms. The fraction of sp³-hybridized carbons (Fsp3) is 1.00. The van der Waals surface area contributed by atoms with Crippen LogP contribution in [0.5, 0.6) is 0 Å². The molecular formula is C14H30OS2Si. The molecule has 108 valence electrons. The Kier molecular flexibility index (Phi) is 6.63. The first-order valence-electron chi connectivity index (χ1n) is 7.11. The fourth-order valence-corrected chi connectivity index (χ4v) is 5.91. The van der Waals surface area contributed by atoms with Gasteiger partial charge in [-0.05, 0) is 48.4 Å². The van der Waals surface area contributed by atoms with Gasteiger partial charge >= 0.3 is 0 Å². The highest BCUT2D eigenvalue weighted by atomic mass is 32.2. The molecule has 0 amide bonds. The molecule has 1 aliphatic rings. The van der Waals surface area contributed by atoms with Crippen LogP contribution in [0.2, 0.25) is 18.1 Å². The van der Waals surface area contributed by atoms with Gasteiger partial charge in [-0.2, -0.15) is 0 Å². The molecule has 0 N–H and O–H groups in total. The van der Waals surface area contributed by atoms with Crippen molar-refractivity contribution in [1.29, 1.82) is 0 Å². The molecule has 0 aromatic carbocycles. The van der Waals surface area contributed by atoms with Gasteiger partial charge in [0, 0.05) is 6.61 Å². The van der Waals surface area contributed by atoms with Gasteiger partial charge in [0.15, 0.2) is 8.32 Å². The smallest absolute Gasteiger partial charge is 0.191 e. The molecule has 0 aromatic heterocycles. The Labute approximate surface area is 123 Å². The summed E-state index contributed by atoms with van der Waals surface area (Å²) in [5, 5.41) is 0.338. The highest BCUT2D eigenvalue weighted by molar-refractivity contribution is 8.17. The first-order chi connectivity index (χ1) is 8.24. The summed E-state index contributed by atoms with van der Waals surface area (Å²) >= 11 is 4.31. The molecule has 0 aromatic rings. The molecule has 4 heteroatoms. The first kappa shape index (κ1) is 16.9. The molecule has 0 bridgehead atoms. The van der Waals surface area contributed by atoms with Crippen molar-refractivity contribution < 1.29 is 4.43 Å². The normalized spacial score (nSPS) is 21.0. The topological polar surface area (TPSA) is 9.23 Å². The van der Waals surface area contributed by atoms with Gasteiger partial charge in [-0.1, -0.05) is 27.7 Å². The summed E-state index contributed by atoms with van der Waals surface area (Å²) in [6.07, 6.45) is 2.61. The van der Waals surface area contributed by atoms with E-state index in [4.69, 9.17) is 4.43 Å². The highest BCUT2D eigenvalue weighted by Gasteiger charge is 2.37. The molecule has 0 unspecified atom stereocenters. The van der Waals surface area contributed by atoms with E-state index in [0.29, 0.717) is 5.04 Å². The molecule has 0 radical (unpaired) electrons. The molecule has 1 rings (SSSR count). The summed E-state index contributed by atoms with van der Waals surface area (Å²) in [4.78, 5) is 0. The minimum Gasteiger partial charge on any atom is -0.417 e. The van der Waals surface area contributed by atoms with E-state index in [9.17, 15) is 0 Å². The van der Waals surface area contributed by atoms with Crippen LogP contribution >= 0.6 is 23.5 Å². The Morgan fingerprint density at radius 1 is 1.22 bits per heavy atom. The minimum absolute atomic E-state index is 0.338. The second-order valence-electron chi connectivity index (χ2n) is 6.84. The van der Waals surface area contributed by atoms with Crippen LogP contribution in [-0.4, -0.2) is 31.0 Å². The van der Waals surface area contributed by atoms with Crippen molar-refractivity contribution in [3.8, 4) is 0 Å². The van der Waals surface area contributed by atoms with E-state index in [1.54, 1.807) is 0 Å². The van der Waals surface area contributed by atoms with Crippen LogP contribution in [0.1, 0.15) is 40.5 Å². The van der Waals surface area contributed by atoms with Crippen molar-refractivity contribution >= 4 is 31.8 Å². The Balaban J connectivity index is 2.28. The van der Waals surface area contributed by atoms with E-state index in [2.05, 4.69) is 64.3 Å². The van der Waals surface area contributed by atoms with Crippen LogP contribution in [0.25, 0.3) is 0 Å². The quantitative estimate of drug-likeness (QED) is 0.644. The lowest BCUT2D eigenvalue weighted by Crippen LogP contribution is -2.41. The lowest BCUT2D eigenvalue weighted by atomic mass is 10.1. The van der Waals surface area contributed by atoms with E-state index in [1.807, 2.05) is 0 Å². The molecule has 1 saturated heterocycles. The van der Waals surface area contributed by atoms with Crippen LogP contribution in [0.3, 0.4) is 0 Å². The van der Waals surface area contributed by atoms with E-state index < -0.39 is 8.32 Å². The predicted molar refractivity (Wildman–Crippen MR) is 90.3 cm³/mol. The van der Waals surface area contributed by atoms with Gasteiger partial charge in [-0.25, -0.2) is 0 Å². The van der Waals surface area contributed by atoms with E-state index >= 15 is 0 Å². The van der Waals surface area contributed by atoms with Crippen molar-refractivity contribution in [3.63, 3.8) is 0 Å². The van der Waals surface area contributed by atoms with Crippen LogP contribution in [0.15, 0.2) is 0 Å². The largest absolute Gasteiger partial charge is 0.417 e. The van der Waals surface area contributed by atoms with Crippen LogP contribution in [-0.2, 0) is 4.43 Å².